The van der Waals surface area contributed by atoms with Gasteiger partial charge in [0.1, 0.15) is 0 Å². The second-order valence-corrected chi connectivity index (χ2v) is 5.70. The van der Waals surface area contributed by atoms with Crippen LogP contribution in [-0.2, 0) is 0 Å². The van der Waals surface area contributed by atoms with Gasteiger partial charge in [0.25, 0.3) is 0 Å². The maximum absolute atomic E-state index is 3.68. The fourth-order valence-corrected chi connectivity index (χ4v) is 2.49. The molecule has 1 heteroatoms. The smallest absolute Gasteiger partial charge is 0.00788 e. The van der Waals surface area contributed by atoms with Gasteiger partial charge in [-0.15, -0.1) is 0 Å². The normalized spacial score (nSPS) is 25.4. The Morgan fingerprint density at radius 3 is 2.76 bits per heavy atom. The van der Waals surface area contributed by atoms with Gasteiger partial charge < -0.3 is 5.32 Å². The van der Waals surface area contributed by atoms with Gasteiger partial charge in [-0.25, -0.2) is 0 Å². The quantitative estimate of drug-likeness (QED) is 0.811. The molecule has 94 valence electrons. The van der Waals surface area contributed by atoms with E-state index in [9.17, 15) is 0 Å². The molecule has 0 heterocycles. The van der Waals surface area contributed by atoms with Gasteiger partial charge in [0.05, 0.1) is 0 Å². The highest BCUT2D eigenvalue weighted by molar-refractivity contribution is 5.27. The standard InChI is InChI=1S/C16H25N/c1-4-12(2)11-17-16-9-15(10-16)14-7-5-6-13(3)8-14/h5-8,12,15-17H,4,9-11H2,1-3H3. The summed E-state index contributed by atoms with van der Waals surface area (Å²) in [7, 11) is 0. The molecule has 0 aromatic heterocycles. The van der Waals surface area contributed by atoms with Crippen LogP contribution in [0.5, 0.6) is 0 Å². The number of rotatable bonds is 5. The first-order valence-corrected chi connectivity index (χ1v) is 6.99. The van der Waals surface area contributed by atoms with Gasteiger partial charge in [-0.05, 0) is 43.7 Å². The minimum absolute atomic E-state index is 0.759. The molecule has 1 fully saturated rings. The molecule has 0 spiro atoms. The molecule has 0 bridgehead atoms. The lowest BCUT2D eigenvalue weighted by atomic mass is 9.75. The lowest BCUT2D eigenvalue weighted by Gasteiger charge is -2.37. The third kappa shape index (κ3) is 3.32. The summed E-state index contributed by atoms with van der Waals surface area (Å²) in [6.07, 6.45) is 3.92. The SMILES string of the molecule is CCC(C)CNC1CC(c2cccc(C)c2)C1. The summed E-state index contributed by atoms with van der Waals surface area (Å²) in [5.74, 6) is 1.61. The molecule has 1 aliphatic carbocycles. The Morgan fingerprint density at radius 1 is 1.35 bits per heavy atom. The first-order valence-electron chi connectivity index (χ1n) is 6.99. The summed E-state index contributed by atoms with van der Waals surface area (Å²) >= 11 is 0. The largest absolute Gasteiger partial charge is 0.314 e. The van der Waals surface area contributed by atoms with Gasteiger partial charge in [-0.2, -0.15) is 0 Å². The topological polar surface area (TPSA) is 12.0 Å². The van der Waals surface area contributed by atoms with E-state index in [1.165, 1.54) is 36.9 Å². The Bertz CT molecular complexity index is 352. The molecule has 1 atom stereocenters. The van der Waals surface area contributed by atoms with Crippen molar-refractivity contribution in [2.75, 3.05) is 6.54 Å². The molecule has 1 nitrogen and oxygen atoms in total. The van der Waals surface area contributed by atoms with Crippen LogP contribution in [0.3, 0.4) is 0 Å². The molecule has 1 aromatic rings. The molecular formula is C16H25N. The minimum atomic E-state index is 0.759. The zero-order valence-electron chi connectivity index (χ0n) is 11.4. The zero-order chi connectivity index (χ0) is 12.3. The minimum Gasteiger partial charge on any atom is -0.314 e. The summed E-state index contributed by atoms with van der Waals surface area (Å²) in [4.78, 5) is 0. The lowest BCUT2D eigenvalue weighted by molar-refractivity contribution is 0.277. The van der Waals surface area contributed by atoms with E-state index in [1.54, 1.807) is 0 Å². The van der Waals surface area contributed by atoms with Gasteiger partial charge in [-0.3, -0.25) is 0 Å². The predicted molar refractivity (Wildman–Crippen MR) is 74.4 cm³/mol. The van der Waals surface area contributed by atoms with Crippen molar-refractivity contribution in [1.29, 1.82) is 0 Å². The summed E-state index contributed by atoms with van der Waals surface area (Å²) < 4.78 is 0. The van der Waals surface area contributed by atoms with Crippen molar-refractivity contribution in [2.24, 2.45) is 5.92 Å². The molecule has 0 saturated heterocycles. The molecule has 1 aromatic carbocycles. The van der Waals surface area contributed by atoms with E-state index >= 15 is 0 Å². The third-order valence-corrected chi connectivity index (χ3v) is 4.10. The first-order chi connectivity index (χ1) is 8.19. The summed E-state index contributed by atoms with van der Waals surface area (Å²) in [5.41, 5.74) is 2.92. The Labute approximate surface area is 106 Å². The summed E-state index contributed by atoms with van der Waals surface area (Å²) in [6.45, 7) is 7.95. The molecule has 0 amide bonds. The average molecular weight is 231 g/mol. The molecule has 1 unspecified atom stereocenters. The van der Waals surface area contributed by atoms with Crippen LogP contribution in [0.4, 0.5) is 0 Å². The van der Waals surface area contributed by atoms with Gasteiger partial charge in [0.2, 0.25) is 0 Å². The zero-order valence-corrected chi connectivity index (χ0v) is 11.4. The highest BCUT2D eigenvalue weighted by Crippen LogP contribution is 2.37. The molecule has 1 aliphatic rings. The number of aryl methyl sites for hydroxylation is 1. The van der Waals surface area contributed by atoms with E-state index in [0.717, 1.165) is 17.9 Å². The second-order valence-electron chi connectivity index (χ2n) is 5.70. The van der Waals surface area contributed by atoms with Crippen LogP contribution >= 0.6 is 0 Å². The lowest BCUT2D eigenvalue weighted by Crippen LogP contribution is -2.41. The van der Waals surface area contributed by atoms with Crippen molar-refractivity contribution in [1.82, 2.24) is 5.32 Å². The van der Waals surface area contributed by atoms with E-state index in [1.807, 2.05) is 0 Å². The molecular weight excluding hydrogens is 206 g/mol. The number of nitrogens with one attached hydrogen (secondary N) is 1. The maximum atomic E-state index is 3.68. The number of hydrogen-bond acceptors (Lipinski definition) is 1. The van der Waals surface area contributed by atoms with Crippen molar-refractivity contribution in [2.45, 2.75) is 52.0 Å². The fraction of sp³-hybridized carbons (Fsp3) is 0.625. The predicted octanol–water partition coefficient (Wildman–Crippen LogP) is 3.88. The summed E-state index contributed by atoms with van der Waals surface area (Å²) in [5, 5.41) is 3.68. The Morgan fingerprint density at radius 2 is 2.12 bits per heavy atom. The number of benzene rings is 1. The van der Waals surface area contributed by atoms with Crippen molar-refractivity contribution < 1.29 is 0 Å². The van der Waals surface area contributed by atoms with Crippen LogP contribution in [-0.4, -0.2) is 12.6 Å². The Hall–Kier alpha value is -0.820. The molecule has 1 saturated carbocycles. The molecule has 1 N–H and O–H groups in total. The van der Waals surface area contributed by atoms with Crippen LogP contribution in [0.25, 0.3) is 0 Å². The first kappa shape index (κ1) is 12.6. The van der Waals surface area contributed by atoms with Crippen LogP contribution in [0.1, 0.15) is 50.2 Å². The fourth-order valence-electron chi connectivity index (χ4n) is 2.49. The van der Waals surface area contributed by atoms with Crippen LogP contribution in [0.2, 0.25) is 0 Å². The molecule has 0 radical (unpaired) electrons. The van der Waals surface area contributed by atoms with E-state index in [4.69, 9.17) is 0 Å². The van der Waals surface area contributed by atoms with Crippen molar-refractivity contribution in [3.8, 4) is 0 Å². The third-order valence-electron chi connectivity index (χ3n) is 4.10. The summed E-state index contributed by atoms with van der Waals surface area (Å²) in [6, 6.07) is 9.75. The van der Waals surface area contributed by atoms with Gasteiger partial charge in [0, 0.05) is 6.04 Å². The van der Waals surface area contributed by atoms with E-state index in [-0.39, 0.29) is 0 Å². The van der Waals surface area contributed by atoms with Crippen molar-refractivity contribution in [3.63, 3.8) is 0 Å². The van der Waals surface area contributed by atoms with Crippen LogP contribution in [0.15, 0.2) is 24.3 Å². The highest BCUT2D eigenvalue weighted by Gasteiger charge is 2.29. The highest BCUT2D eigenvalue weighted by atomic mass is 14.9. The number of hydrogen-bond donors (Lipinski definition) is 1. The van der Waals surface area contributed by atoms with E-state index in [0.29, 0.717) is 0 Å². The molecule has 0 aliphatic heterocycles. The van der Waals surface area contributed by atoms with Crippen molar-refractivity contribution in [3.05, 3.63) is 35.4 Å². The van der Waals surface area contributed by atoms with E-state index < -0.39 is 0 Å². The second kappa shape index (κ2) is 5.68. The Kier molecular flexibility index (Phi) is 4.22. The van der Waals surface area contributed by atoms with Gasteiger partial charge in [-0.1, -0.05) is 50.1 Å². The average Bonchev–Trinajstić information content (AvgIpc) is 2.26. The van der Waals surface area contributed by atoms with Crippen molar-refractivity contribution >= 4 is 0 Å². The van der Waals surface area contributed by atoms with Crippen LogP contribution < -0.4 is 5.32 Å². The monoisotopic (exact) mass is 231 g/mol. The molecule has 17 heavy (non-hydrogen) atoms. The molecule has 2 rings (SSSR count). The Balaban J connectivity index is 1.75. The van der Waals surface area contributed by atoms with Gasteiger partial charge in [0.15, 0.2) is 0 Å². The van der Waals surface area contributed by atoms with E-state index in [2.05, 4.69) is 50.4 Å². The van der Waals surface area contributed by atoms with Gasteiger partial charge >= 0.3 is 0 Å². The maximum Gasteiger partial charge on any atom is 0.00788 e. The van der Waals surface area contributed by atoms with Crippen LogP contribution in [0, 0.1) is 12.8 Å².